The van der Waals surface area contributed by atoms with Crippen molar-refractivity contribution in [1.82, 2.24) is 5.06 Å². The first-order valence-electron chi connectivity index (χ1n) is 10.3. The molecule has 2 fully saturated rings. The first-order valence-corrected chi connectivity index (χ1v) is 12.7. The Balaban J connectivity index is 1.66. The zero-order valence-electron chi connectivity index (χ0n) is 17.7. The summed E-state index contributed by atoms with van der Waals surface area (Å²) in [7, 11) is 0. The molecule has 1 saturated carbocycles. The van der Waals surface area contributed by atoms with Gasteiger partial charge in [-0.1, -0.05) is 58.4 Å². The monoisotopic (exact) mass is 476 g/mol. The lowest BCUT2D eigenvalue weighted by Gasteiger charge is -2.37. The number of benzene rings is 2. The molecule has 0 bridgehead atoms. The molecular formula is C24H31BrNO2S+. The maximum Gasteiger partial charge on any atom is 0.152 e. The van der Waals surface area contributed by atoms with Gasteiger partial charge < -0.3 is 0 Å². The first-order chi connectivity index (χ1) is 13.8. The van der Waals surface area contributed by atoms with Gasteiger partial charge in [0.25, 0.3) is 0 Å². The quantitative estimate of drug-likeness (QED) is 0.505. The highest BCUT2D eigenvalue weighted by atomic mass is 79.9. The van der Waals surface area contributed by atoms with E-state index in [-0.39, 0.29) is 27.6 Å². The van der Waals surface area contributed by atoms with E-state index >= 15 is 0 Å². The molecule has 5 heteroatoms. The highest BCUT2D eigenvalue weighted by Crippen LogP contribution is 2.54. The van der Waals surface area contributed by atoms with Crippen LogP contribution in [0.1, 0.15) is 44.7 Å². The van der Waals surface area contributed by atoms with Gasteiger partial charge in [0.1, 0.15) is 23.5 Å². The third-order valence-corrected chi connectivity index (χ3v) is 9.05. The SMILES string of the molecule is C[S+](OC1CC2CON(Cc3ccccc3)C2(c2cccc(Br)c2)C1)C(C)(C)C. The summed E-state index contributed by atoms with van der Waals surface area (Å²) in [6, 6.07) is 19.4. The number of fused-ring (bicyclic) bond motifs is 1. The summed E-state index contributed by atoms with van der Waals surface area (Å²) >= 11 is 3.60. The average Bonchev–Trinajstić information content (AvgIpc) is 3.19. The molecule has 4 atom stereocenters. The molecule has 4 rings (SSSR count). The minimum absolute atomic E-state index is 0.0818. The summed E-state index contributed by atoms with van der Waals surface area (Å²) in [6.45, 7) is 8.34. The minimum Gasteiger partial charge on any atom is -0.297 e. The maximum absolute atomic E-state index is 6.62. The number of hydrogen-bond acceptors (Lipinski definition) is 3. The maximum atomic E-state index is 6.62. The van der Waals surface area contributed by atoms with Gasteiger partial charge in [0.2, 0.25) is 0 Å². The van der Waals surface area contributed by atoms with Crippen LogP contribution in [0.4, 0.5) is 0 Å². The third kappa shape index (κ3) is 4.31. The van der Waals surface area contributed by atoms with Crippen molar-refractivity contribution in [3.05, 3.63) is 70.2 Å². The van der Waals surface area contributed by atoms with Gasteiger partial charge in [0.05, 0.1) is 18.7 Å². The normalized spacial score (nSPS) is 28.4. The second-order valence-corrected chi connectivity index (χ2v) is 12.4. The smallest absolute Gasteiger partial charge is 0.152 e. The van der Waals surface area contributed by atoms with Crippen LogP contribution in [0.2, 0.25) is 0 Å². The summed E-state index contributed by atoms with van der Waals surface area (Å²) in [6.07, 6.45) is 4.51. The lowest BCUT2D eigenvalue weighted by atomic mass is 9.81. The number of halogens is 1. The molecule has 2 aromatic rings. The average molecular weight is 477 g/mol. The largest absolute Gasteiger partial charge is 0.297 e. The minimum atomic E-state index is -0.146. The Hall–Kier alpha value is -0.850. The molecule has 156 valence electrons. The number of hydrogen-bond donors (Lipinski definition) is 0. The Morgan fingerprint density at radius 1 is 1.17 bits per heavy atom. The van der Waals surface area contributed by atoms with Crippen molar-refractivity contribution in [1.29, 1.82) is 0 Å². The Kier molecular flexibility index (Phi) is 6.16. The van der Waals surface area contributed by atoms with Gasteiger partial charge in [0, 0.05) is 16.8 Å². The van der Waals surface area contributed by atoms with Gasteiger partial charge in [-0.2, -0.15) is 9.25 Å². The predicted molar refractivity (Wildman–Crippen MR) is 124 cm³/mol. The van der Waals surface area contributed by atoms with Gasteiger partial charge in [-0.25, -0.2) is 0 Å². The molecular weight excluding hydrogens is 446 g/mol. The second kappa shape index (κ2) is 8.35. The summed E-state index contributed by atoms with van der Waals surface area (Å²) in [4.78, 5) is 6.31. The standard InChI is InChI=1S/C24H31BrNO2S/c1-23(2,3)29(4)28-22-14-20-17-27-26(16-18-9-6-5-7-10-18)24(20,15-22)19-11-8-12-21(25)13-19/h5-13,20,22H,14-17H2,1-4H3/q+1. The topological polar surface area (TPSA) is 21.7 Å². The number of nitrogens with zero attached hydrogens (tertiary/aromatic N) is 1. The first kappa shape index (κ1) is 21.4. The zero-order valence-corrected chi connectivity index (χ0v) is 20.1. The van der Waals surface area contributed by atoms with E-state index in [1.54, 1.807) is 0 Å². The van der Waals surface area contributed by atoms with Crippen LogP contribution in [0.25, 0.3) is 0 Å². The van der Waals surface area contributed by atoms with E-state index in [0.717, 1.165) is 30.5 Å². The van der Waals surface area contributed by atoms with Gasteiger partial charge >= 0.3 is 0 Å². The molecule has 2 aromatic carbocycles. The molecule has 0 N–H and O–H groups in total. The Morgan fingerprint density at radius 2 is 1.93 bits per heavy atom. The van der Waals surface area contributed by atoms with Crippen molar-refractivity contribution in [2.24, 2.45) is 5.92 Å². The molecule has 0 radical (unpaired) electrons. The van der Waals surface area contributed by atoms with E-state index in [1.165, 1.54) is 11.1 Å². The molecule has 3 nitrogen and oxygen atoms in total. The van der Waals surface area contributed by atoms with Crippen molar-refractivity contribution in [3.8, 4) is 0 Å². The highest BCUT2D eigenvalue weighted by Gasteiger charge is 2.59. The molecule has 1 saturated heterocycles. The van der Waals surface area contributed by atoms with Gasteiger partial charge in [-0.3, -0.25) is 4.84 Å². The fourth-order valence-corrected chi connectivity index (χ4v) is 5.77. The van der Waals surface area contributed by atoms with Crippen molar-refractivity contribution < 1.29 is 9.02 Å². The van der Waals surface area contributed by atoms with Crippen LogP contribution in [0.3, 0.4) is 0 Å². The molecule has 2 aliphatic rings. The Labute approximate surface area is 186 Å². The Bertz CT molecular complexity index is 840. The molecule has 1 heterocycles. The van der Waals surface area contributed by atoms with Crippen molar-refractivity contribution in [2.45, 2.75) is 56.5 Å². The highest BCUT2D eigenvalue weighted by molar-refractivity contribution is 9.10. The summed E-state index contributed by atoms with van der Waals surface area (Å²) in [5, 5.41) is 2.24. The zero-order chi connectivity index (χ0) is 20.6. The van der Waals surface area contributed by atoms with Crippen LogP contribution in [-0.2, 0) is 32.3 Å². The van der Waals surface area contributed by atoms with Crippen LogP contribution >= 0.6 is 15.9 Å². The molecule has 1 aliphatic carbocycles. The van der Waals surface area contributed by atoms with Crippen molar-refractivity contribution in [2.75, 3.05) is 12.9 Å². The molecule has 4 unspecified atom stereocenters. The molecule has 0 spiro atoms. The third-order valence-electron chi connectivity index (χ3n) is 6.27. The number of hydroxylamine groups is 2. The van der Waals surface area contributed by atoms with Crippen LogP contribution in [0.15, 0.2) is 59.1 Å². The van der Waals surface area contributed by atoms with Crippen molar-refractivity contribution in [3.63, 3.8) is 0 Å². The fourth-order valence-electron chi connectivity index (χ4n) is 4.53. The van der Waals surface area contributed by atoms with Gasteiger partial charge in [0.15, 0.2) is 4.75 Å². The molecule has 0 aromatic heterocycles. The summed E-state index contributed by atoms with van der Waals surface area (Å²) < 4.78 is 7.90. The van der Waals surface area contributed by atoms with Crippen molar-refractivity contribution >= 4 is 27.1 Å². The number of rotatable bonds is 5. The van der Waals surface area contributed by atoms with E-state index in [9.17, 15) is 0 Å². The van der Waals surface area contributed by atoms with Gasteiger partial charge in [-0.05, 0) is 50.5 Å². The van der Waals surface area contributed by atoms with E-state index in [4.69, 9.17) is 9.02 Å². The lowest BCUT2D eigenvalue weighted by molar-refractivity contribution is -0.179. The van der Waals surface area contributed by atoms with E-state index in [2.05, 4.69) is 103 Å². The van der Waals surface area contributed by atoms with Crippen LogP contribution in [0, 0.1) is 5.92 Å². The molecule has 29 heavy (non-hydrogen) atoms. The fraction of sp³-hybridized carbons (Fsp3) is 0.500. The Morgan fingerprint density at radius 3 is 2.62 bits per heavy atom. The van der Waals surface area contributed by atoms with Crippen LogP contribution in [0.5, 0.6) is 0 Å². The van der Waals surface area contributed by atoms with Crippen LogP contribution in [-0.4, -0.2) is 28.8 Å². The molecule has 0 amide bonds. The van der Waals surface area contributed by atoms with Gasteiger partial charge in [-0.15, -0.1) is 0 Å². The second-order valence-electron chi connectivity index (χ2n) is 9.17. The summed E-state index contributed by atoms with van der Waals surface area (Å²) in [5.74, 6) is 0.433. The predicted octanol–water partition coefficient (Wildman–Crippen LogP) is 5.85. The van der Waals surface area contributed by atoms with Crippen LogP contribution < -0.4 is 0 Å². The summed E-state index contributed by atoms with van der Waals surface area (Å²) in [5.41, 5.74) is 2.45. The van der Waals surface area contributed by atoms with E-state index in [0.29, 0.717) is 5.92 Å². The molecule has 1 aliphatic heterocycles. The van der Waals surface area contributed by atoms with E-state index < -0.39 is 0 Å². The lowest BCUT2D eigenvalue weighted by Crippen LogP contribution is -2.42. The van der Waals surface area contributed by atoms with E-state index in [1.807, 2.05) is 0 Å².